The van der Waals surface area contributed by atoms with Crippen LogP contribution in [0.1, 0.15) is 43.7 Å². The lowest BCUT2D eigenvalue weighted by molar-refractivity contribution is -0.753. The van der Waals surface area contributed by atoms with Crippen LogP contribution < -0.4 is 15.6 Å². The minimum absolute atomic E-state index is 0.155. The largest absolute Gasteiger partial charge is 0.413 e. The zero-order chi connectivity index (χ0) is 25.6. The summed E-state index contributed by atoms with van der Waals surface area (Å²) in [6.07, 6.45) is 3.98. The number of nitrogens with one attached hydrogen (secondary N) is 1. The summed E-state index contributed by atoms with van der Waals surface area (Å²) in [5.41, 5.74) is 2.87. The van der Waals surface area contributed by atoms with Gasteiger partial charge in [0.2, 0.25) is 12.6 Å². The predicted octanol–water partition coefficient (Wildman–Crippen LogP) is 1.66. The van der Waals surface area contributed by atoms with Crippen LogP contribution >= 0.6 is 0 Å². The Bertz CT molecular complexity index is 1160. The molecule has 0 saturated heterocycles. The molecule has 2 aromatic heterocycles. The smallest absolute Gasteiger partial charge is 0.410 e. The molecule has 3 rings (SSSR count). The van der Waals surface area contributed by atoms with E-state index in [9.17, 15) is 23.1 Å². The van der Waals surface area contributed by atoms with Crippen molar-refractivity contribution >= 4 is 6.09 Å². The molecule has 10 nitrogen and oxygen atoms in total. The van der Waals surface area contributed by atoms with Gasteiger partial charge in [-0.05, 0) is 19.0 Å². The van der Waals surface area contributed by atoms with Crippen LogP contribution in [0.2, 0.25) is 0 Å². The van der Waals surface area contributed by atoms with E-state index in [-0.39, 0.29) is 17.8 Å². The van der Waals surface area contributed by atoms with Gasteiger partial charge in [0.25, 0.3) is 6.33 Å². The standard InChI is InChI=1S/C22H26F3N7O3/c1-14(20-19(25)9-27-11-29-20)22(34,17-5-4-16(23)8-18(17)24)10-32-13-31(12-30-32)15(2)35-21(33)28-7-3-6-26/h4-5,8-9,11-15,34H,3,6-7,10,26H2,1-2H3/p+1/t14-,15?,22?/m0/s1. The fraction of sp³-hybridized carbons (Fsp3) is 0.409. The average molecular weight is 494 g/mol. The molecular formula is C22H27F3N7O3+. The summed E-state index contributed by atoms with van der Waals surface area (Å²) in [6.45, 7) is 3.48. The van der Waals surface area contributed by atoms with Crippen LogP contribution in [0.3, 0.4) is 0 Å². The van der Waals surface area contributed by atoms with Crippen molar-refractivity contribution in [3.05, 3.63) is 72.1 Å². The molecule has 35 heavy (non-hydrogen) atoms. The number of hydrogen-bond acceptors (Lipinski definition) is 7. The Kier molecular flexibility index (Phi) is 8.35. The molecule has 0 aliphatic rings. The van der Waals surface area contributed by atoms with Crippen LogP contribution in [-0.4, -0.2) is 44.0 Å². The predicted molar refractivity (Wildman–Crippen MR) is 116 cm³/mol. The van der Waals surface area contributed by atoms with Gasteiger partial charge in [-0.2, -0.15) is 4.57 Å². The maximum absolute atomic E-state index is 14.8. The molecule has 0 bridgehead atoms. The van der Waals surface area contributed by atoms with E-state index < -0.39 is 41.3 Å². The minimum atomic E-state index is -2.10. The molecule has 0 radical (unpaired) electrons. The number of benzene rings is 1. The van der Waals surface area contributed by atoms with Gasteiger partial charge >= 0.3 is 6.09 Å². The number of aliphatic hydroxyl groups is 1. The van der Waals surface area contributed by atoms with Crippen molar-refractivity contribution in [3.8, 4) is 0 Å². The van der Waals surface area contributed by atoms with Crippen molar-refractivity contribution in [2.75, 3.05) is 13.1 Å². The summed E-state index contributed by atoms with van der Waals surface area (Å²) in [5.74, 6) is -3.73. The summed E-state index contributed by atoms with van der Waals surface area (Å²) in [6, 6.07) is 2.72. The van der Waals surface area contributed by atoms with Gasteiger partial charge in [-0.15, -0.1) is 4.68 Å². The number of ether oxygens (including phenoxy) is 1. The highest BCUT2D eigenvalue weighted by Crippen LogP contribution is 2.39. The number of carbonyl (C=O) groups excluding carboxylic acids is 1. The molecule has 13 heteroatoms. The van der Waals surface area contributed by atoms with Crippen LogP contribution in [0.5, 0.6) is 0 Å². The zero-order valence-electron chi connectivity index (χ0n) is 19.2. The highest BCUT2D eigenvalue weighted by Gasteiger charge is 2.43. The molecule has 2 unspecified atom stereocenters. The third-order valence-electron chi connectivity index (χ3n) is 5.57. The molecule has 0 saturated carbocycles. The molecule has 3 atom stereocenters. The number of alkyl carbamates (subject to hydrolysis) is 1. The molecule has 0 spiro atoms. The Morgan fingerprint density at radius 2 is 2.09 bits per heavy atom. The van der Waals surface area contributed by atoms with E-state index in [1.54, 1.807) is 6.92 Å². The first-order valence-electron chi connectivity index (χ1n) is 10.9. The molecule has 188 valence electrons. The minimum Gasteiger partial charge on any atom is -0.413 e. The summed E-state index contributed by atoms with van der Waals surface area (Å²) < 4.78 is 50.8. The van der Waals surface area contributed by atoms with Crippen molar-refractivity contribution in [1.82, 2.24) is 25.1 Å². The van der Waals surface area contributed by atoms with Crippen LogP contribution in [-0.2, 0) is 16.9 Å². The number of amides is 1. The first-order valence-corrected chi connectivity index (χ1v) is 10.9. The van der Waals surface area contributed by atoms with Crippen molar-refractivity contribution < 1.29 is 32.4 Å². The number of aromatic nitrogens is 5. The molecular weight excluding hydrogens is 467 g/mol. The lowest BCUT2D eigenvalue weighted by Crippen LogP contribution is -2.42. The van der Waals surface area contributed by atoms with Crippen LogP contribution in [0.25, 0.3) is 0 Å². The highest BCUT2D eigenvalue weighted by atomic mass is 19.1. The van der Waals surface area contributed by atoms with E-state index in [1.807, 2.05) is 0 Å². The summed E-state index contributed by atoms with van der Waals surface area (Å²) in [5, 5.41) is 18.4. The van der Waals surface area contributed by atoms with Crippen LogP contribution in [0.15, 0.2) is 43.4 Å². The molecule has 1 aromatic carbocycles. The molecule has 0 fully saturated rings. The molecule has 2 heterocycles. The van der Waals surface area contributed by atoms with E-state index in [1.165, 1.54) is 28.8 Å². The molecule has 3 aromatic rings. The van der Waals surface area contributed by atoms with Gasteiger partial charge in [-0.1, -0.05) is 13.0 Å². The Morgan fingerprint density at radius 1 is 1.31 bits per heavy atom. The molecule has 1 amide bonds. The van der Waals surface area contributed by atoms with E-state index >= 15 is 0 Å². The second kappa shape index (κ2) is 11.2. The third kappa shape index (κ3) is 6.11. The van der Waals surface area contributed by atoms with Crippen LogP contribution in [0.4, 0.5) is 18.0 Å². The Hall–Kier alpha value is -3.58. The molecule has 0 aliphatic heterocycles. The Balaban J connectivity index is 1.88. The quantitative estimate of drug-likeness (QED) is 0.289. The van der Waals surface area contributed by atoms with Gasteiger partial charge in [-0.25, -0.2) is 27.9 Å². The Morgan fingerprint density at radius 3 is 2.77 bits per heavy atom. The normalized spacial score (nSPS) is 14.7. The number of halogens is 3. The van der Waals surface area contributed by atoms with E-state index in [0.717, 1.165) is 24.7 Å². The number of rotatable bonds is 10. The third-order valence-corrected chi connectivity index (χ3v) is 5.57. The summed E-state index contributed by atoms with van der Waals surface area (Å²) in [7, 11) is 0. The van der Waals surface area contributed by atoms with Crippen LogP contribution in [0, 0.1) is 17.5 Å². The number of nitrogens with zero attached hydrogens (tertiary/aromatic N) is 5. The van der Waals surface area contributed by atoms with Gasteiger partial charge in [0.05, 0.1) is 11.9 Å². The van der Waals surface area contributed by atoms with Gasteiger partial charge < -0.3 is 20.9 Å². The van der Waals surface area contributed by atoms with Gasteiger partial charge in [0.1, 0.15) is 30.1 Å². The monoisotopic (exact) mass is 494 g/mol. The average Bonchev–Trinajstić information content (AvgIpc) is 3.27. The van der Waals surface area contributed by atoms with E-state index in [0.29, 0.717) is 25.6 Å². The fourth-order valence-electron chi connectivity index (χ4n) is 3.57. The molecule has 4 N–H and O–H groups in total. The van der Waals surface area contributed by atoms with E-state index in [2.05, 4.69) is 20.4 Å². The van der Waals surface area contributed by atoms with Crippen molar-refractivity contribution in [3.63, 3.8) is 0 Å². The number of carbonyl (C=O) groups is 1. The second-order valence-corrected chi connectivity index (χ2v) is 7.99. The maximum atomic E-state index is 14.8. The van der Waals surface area contributed by atoms with Crippen molar-refractivity contribution in [2.45, 2.75) is 44.6 Å². The number of nitrogens with two attached hydrogens (primary N) is 1. The Labute approximate surface area is 199 Å². The van der Waals surface area contributed by atoms with Gasteiger partial charge in [0.15, 0.2) is 5.82 Å². The lowest BCUT2D eigenvalue weighted by atomic mass is 9.79. The first-order chi connectivity index (χ1) is 16.7. The molecule has 0 aliphatic carbocycles. The van der Waals surface area contributed by atoms with Crippen molar-refractivity contribution in [1.29, 1.82) is 0 Å². The van der Waals surface area contributed by atoms with E-state index in [4.69, 9.17) is 10.5 Å². The summed E-state index contributed by atoms with van der Waals surface area (Å²) >= 11 is 0. The lowest BCUT2D eigenvalue weighted by Gasteiger charge is -2.32. The topological polar surface area (TPSA) is 132 Å². The summed E-state index contributed by atoms with van der Waals surface area (Å²) in [4.78, 5) is 19.4. The first kappa shape index (κ1) is 26.0. The number of hydrogen-bond donors (Lipinski definition) is 3. The highest BCUT2D eigenvalue weighted by molar-refractivity contribution is 5.66. The van der Waals surface area contributed by atoms with Crippen molar-refractivity contribution in [2.24, 2.45) is 5.73 Å². The SMILES string of the molecule is CC(OC(=O)NCCCN)[n+]1cnn(CC(O)(c2ccc(F)cc2F)[C@@H](C)c2ncncc2F)c1. The maximum Gasteiger partial charge on any atom is 0.410 e. The van der Waals surface area contributed by atoms with Gasteiger partial charge in [-0.3, -0.25) is 0 Å². The second-order valence-electron chi connectivity index (χ2n) is 7.99. The van der Waals surface area contributed by atoms with Gasteiger partial charge in [0, 0.05) is 36.1 Å². The zero-order valence-corrected chi connectivity index (χ0v) is 19.2. The fourth-order valence-corrected chi connectivity index (χ4v) is 3.57.